The minimum Gasteiger partial charge on any atom is -0.383 e. The molecule has 0 spiro atoms. The summed E-state index contributed by atoms with van der Waals surface area (Å²) in [5, 5.41) is 12.3. The first-order valence-electron chi connectivity index (χ1n) is 5.88. The summed E-state index contributed by atoms with van der Waals surface area (Å²) in [6.07, 6.45) is -0.825. The second kappa shape index (κ2) is 5.45. The number of fused-ring (bicyclic) bond motifs is 1. The third-order valence-electron chi connectivity index (χ3n) is 3.13. The van der Waals surface area contributed by atoms with Gasteiger partial charge in [0.1, 0.15) is 11.9 Å². The second-order valence-electron chi connectivity index (χ2n) is 4.36. The van der Waals surface area contributed by atoms with Crippen LogP contribution < -0.4 is 0 Å². The lowest BCUT2D eigenvalue weighted by atomic mass is 9.99. The molecule has 3 aromatic rings. The molecule has 0 aliphatic rings. The van der Waals surface area contributed by atoms with Crippen molar-refractivity contribution in [3.8, 4) is 0 Å². The molecule has 0 aliphatic carbocycles. The van der Waals surface area contributed by atoms with Gasteiger partial charge in [-0.3, -0.25) is 0 Å². The standard InChI is InChI=1S/C15H9BrClFOS/c16-15-11(17)7-13(20-15)14(19)10-5-6-12(18)9-4-2-1-3-8(9)10/h1-7,14,19H. The highest BCUT2D eigenvalue weighted by Gasteiger charge is 2.18. The summed E-state index contributed by atoms with van der Waals surface area (Å²) < 4.78 is 14.6. The predicted octanol–water partition coefficient (Wildman–Crippen LogP) is 5.54. The fraction of sp³-hybridized carbons (Fsp3) is 0.0667. The summed E-state index contributed by atoms with van der Waals surface area (Å²) >= 11 is 10.7. The third-order valence-corrected chi connectivity index (χ3v) is 5.66. The number of halogens is 3. The van der Waals surface area contributed by atoms with E-state index in [0.29, 0.717) is 21.4 Å². The van der Waals surface area contributed by atoms with E-state index in [4.69, 9.17) is 11.6 Å². The maximum Gasteiger partial charge on any atom is 0.131 e. The first-order valence-corrected chi connectivity index (χ1v) is 7.86. The van der Waals surface area contributed by atoms with E-state index in [0.717, 1.165) is 8.66 Å². The van der Waals surface area contributed by atoms with E-state index in [-0.39, 0.29) is 5.82 Å². The quantitative estimate of drug-likeness (QED) is 0.627. The van der Waals surface area contributed by atoms with Gasteiger partial charge >= 0.3 is 0 Å². The van der Waals surface area contributed by atoms with Crippen LogP contribution in [0.2, 0.25) is 5.02 Å². The monoisotopic (exact) mass is 370 g/mol. The van der Waals surface area contributed by atoms with Gasteiger partial charge in [-0.05, 0) is 39.0 Å². The van der Waals surface area contributed by atoms with Crippen molar-refractivity contribution in [2.45, 2.75) is 6.10 Å². The Labute approximate surface area is 132 Å². The van der Waals surface area contributed by atoms with Gasteiger partial charge in [0, 0.05) is 10.3 Å². The molecule has 102 valence electrons. The first-order chi connectivity index (χ1) is 9.58. The summed E-state index contributed by atoms with van der Waals surface area (Å²) in [5.74, 6) is -0.290. The van der Waals surface area contributed by atoms with Gasteiger partial charge in [0.15, 0.2) is 0 Å². The summed E-state index contributed by atoms with van der Waals surface area (Å²) in [6, 6.07) is 11.8. The molecule has 2 aromatic carbocycles. The van der Waals surface area contributed by atoms with E-state index in [1.54, 1.807) is 30.3 Å². The Morgan fingerprint density at radius 2 is 1.85 bits per heavy atom. The Morgan fingerprint density at radius 3 is 2.50 bits per heavy atom. The van der Waals surface area contributed by atoms with Gasteiger partial charge in [-0.1, -0.05) is 41.9 Å². The van der Waals surface area contributed by atoms with Gasteiger partial charge in [-0.2, -0.15) is 0 Å². The van der Waals surface area contributed by atoms with E-state index >= 15 is 0 Å². The van der Waals surface area contributed by atoms with Gasteiger partial charge in [-0.15, -0.1) is 11.3 Å². The Hall–Kier alpha value is -0.940. The van der Waals surface area contributed by atoms with Gasteiger partial charge in [0.05, 0.1) is 8.81 Å². The molecular weight excluding hydrogens is 363 g/mol. The second-order valence-corrected chi connectivity index (χ2v) is 7.16. The van der Waals surface area contributed by atoms with Gasteiger partial charge < -0.3 is 5.11 Å². The van der Waals surface area contributed by atoms with Crippen LogP contribution in [0.1, 0.15) is 16.5 Å². The van der Waals surface area contributed by atoms with E-state index in [1.807, 2.05) is 6.07 Å². The molecule has 0 bridgehead atoms. The van der Waals surface area contributed by atoms with Crippen molar-refractivity contribution in [1.82, 2.24) is 0 Å². The molecule has 1 atom stereocenters. The van der Waals surface area contributed by atoms with Gasteiger partial charge in [0.2, 0.25) is 0 Å². The average Bonchev–Trinajstić information content (AvgIpc) is 2.79. The van der Waals surface area contributed by atoms with E-state index in [9.17, 15) is 9.50 Å². The lowest BCUT2D eigenvalue weighted by molar-refractivity contribution is 0.225. The maximum atomic E-state index is 13.8. The van der Waals surface area contributed by atoms with Crippen LogP contribution in [0, 0.1) is 5.82 Å². The van der Waals surface area contributed by atoms with E-state index < -0.39 is 6.10 Å². The number of hydrogen-bond donors (Lipinski definition) is 1. The zero-order chi connectivity index (χ0) is 14.3. The number of benzene rings is 2. The molecule has 0 radical (unpaired) electrons. The van der Waals surface area contributed by atoms with Gasteiger partial charge in [0.25, 0.3) is 0 Å². The molecule has 1 aromatic heterocycles. The van der Waals surface area contributed by atoms with Crippen LogP contribution in [-0.2, 0) is 0 Å². The SMILES string of the molecule is OC(c1cc(Cl)c(Br)s1)c1ccc(F)c2ccccc12. The number of aliphatic hydroxyl groups is 1. The van der Waals surface area contributed by atoms with Crippen LogP contribution >= 0.6 is 38.9 Å². The lowest BCUT2D eigenvalue weighted by Crippen LogP contribution is -1.99. The first kappa shape index (κ1) is 14.0. The average molecular weight is 372 g/mol. The number of rotatable bonds is 2. The minimum absolute atomic E-state index is 0.290. The highest BCUT2D eigenvalue weighted by molar-refractivity contribution is 9.11. The summed E-state index contributed by atoms with van der Waals surface area (Å²) in [5.41, 5.74) is 0.674. The van der Waals surface area contributed by atoms with E-state index in [2.05, 4.69) is 15.9 Å². The summed E-state index contributed by atoms with van der Waals surface area (Å²) in [6.45, 7) is 0. The van der Waals surface area contributed by atoms with Crippen molar-refractivity contribution in [2.75, 3.05) is 0 Å². The van der Waals surface area contributed by atoms with Crippen molar-refractivity contribution in [2.24, 2.45) is 0 Å². The van der Waals surface area contributed by atoms with Crippen LogP contribution in [0.3, 0.4) is 0 Å². The molecule has 0 fully saturated rings. The van der Waals surface area contributed by atoms with Crippen molar-refractivity contribution in [3.63, 3.8) is 0 Å². The van der Waals surface area contributed by atoms with Crippen molar-refractivity contribution < 1.29 is 9.50 Å². The Balaban J connectivity index is 2.17. The molecule has 0 amide bonds. The Kier molecular flexibility index (Phi) is 3.82. The number of aliphatic hydroxyl groups excluding tert-OH is 1. The molecule has 1 N–H and O–H groups in total. The molecular formula is C15H9BrClFOS. The molecule has 1 unspecified atom stereocenters. The number of thiophene rings is 1. The number of hydrogen-bond acceptors (Lipinski definition) is 2. The fourth-order valence-electron chi connectivity index (χ4n) is 2.18. The largest absolute Gasteiger partial charge is 0.383 e. The Bertz CT molecular complexity index is 767. The van der Waals surface area contributed by atoms with Crippen LogP contribution in [0.4, 0.5) is 4.39 Å². The molecule has 0 saturated heterocycles. The third kappa shape index (κ3) is 2.37. The highest BCUT2D eigenvalue weighted by atomic mass is 79.9. The lowest BCUT2D eigenvalue weighted by Gasteiger charge is -2.12. The summed E-state index contributed by atoms with van der Waals surface area (Å²) in [7, 11) is 0. The van der Waals surface area contributed by atoms with Crippen LogP contribution in [0.15, 0.2) is 46.3 Å². The van der Waals surface area contributed by atoms with Crippen molar-refractivity contribution in [3.05, 3.63) is 67.5 Å². The van der Waals surface area contributed by atoms with Crippen LogP contribution in [0.5, 0.6) is 0 Å². The zero-order valence-corrected chi connectivity index (χ0v) is 13.3. The normalized spacial score (nSPS) is 12.8. The Morgan fingerprint density at radius 1 is 1.15 bits per heavy atom. The fourth-order valence-corrected chi connectivity index (χ4v) is 3.93. The minimum atomic E-state index is -0.825. The van der Waals surface area contributed by atoms with Crippen molar-refractivity contribution in [1.29, 1.82) is 0 Å². The van der Waals surface area contributed by atoms with Crippen LogP contribution in [-0.4, -0.2) is 5.11 Å². The molecule has 3 rings (SSSR count). The molecule has 1 nitrogen and oxygen atoms in total. The van der Waals surface area contributed by atoms with Gasteiger partial charge in [-0.25, -0.2) is 4.39 Å². The van der Waals surface area contributed by atoms with Crippen LogP contribution in [0.25, 0.3) is 10.8 Å². The molecule has 5 heteroatoms. The van der Waals surface area contributed by atoms with E-state index in [1.165, 1.54) is 17.4 Å². The molecule has 20 heavy (non-hydrogen) atoms. The highest BCUT2D eigenvalue weighted by Crippen LogP contribution is 2.39. The predicted molar refractivity (Wildman–Crippen MR) is 85.0 cm³/mol. The maximum absolute atomic E-state index is 13.8. The van der Waals surface area contributed by atoms with Crippen molar-refractivity contribution >= 4 is 49.6 Å². The molecule has 1 heterocycles. The zero-order valence-electron chi connectivity index (χ0n) is 10.1. The summed E-state index contributed by atoms with van der Waals surface area (Å²) in [4.78, 5) is 0.721. The topological polar surface area (TPSA) is 20.2 Å². The smallest absolute Gasteiger partial charge is 0.131 e. The molecule has 0 saturated carbocycles. The molecule has 0 aliphatic heterocycles.